The molecule has 1 atom stereocenters. The minimum atomic E-state index is 0.509. The van der Waals surface area contributed by atoms with Gasteiger partial charge >= 0.3 is 0 Å². The highest BCUT2D eigenvalue weighted by Crippen LogP contribution is 2.22. The molecule has 0 radical (unpaired) electrons. The first-order chi connectivity index (χ1) is 8.70. The summed E-state index contributed by atoms with van der Waals surface area (Å²) in [6, 6.07) is 9.11. The minimum Gasteiger partial charge on any atom is -0.381 e. The smallest absolute Gasteiger partial charge is 0.0512 e. The van der Waals surface area contributed by atoms with Crippen molar-refractivity contribution in [2.24, 2.45) is 11.7 Å². The highest BCUT2D eigenvalue weighted by Gasteiger charge is 2.21. The van der Waals surface area contributed by atoms with Crippen LogP contribution in [0.3, 0.4) is 0 Å². The van der Waals surface area contributed by atoms with E-state index in [2.05, 4.69) is 43.0 Å². The zero-order chi connectivity index (χ0) is 13.0. The molecule has 3 heteroatoms. The molecule has 0 amide bonds. The fourth-order valence-electron chi connectivity index (χ4n) is 2.44. The lowest BCUT2D eigenvalue weighted by Crippen LogP contribution is -2.35. The second kappa shape index (κ2) is 6.21. The lowest BCUT2D eigenvalue weighted by molar-refractivity contribution is 0.186. The van der Waals surface area contributed by atoms with Gasteiger partial charge in [-0.2, -0.15) is 0 Å². The predicted octanol–water partition coefficient (Wildman–Crippen LogP) is 2.40. The molecule has 1 aromatic rings. The van der Waals surface area contributed by atoms with Gasteiger partial charge in [-0.05, 0) is 38.0 Å². The monoisotopic (exact) mass is 248 g/mol. The molecule has 2 N–H and O–H groups in total. The van der Waals surface area contributed by atoms with Crippen LogP contribution in [0.2, 0.25) is 0 Å². The zero-order valence-corrected chi connectivity index (χ0v) is 11.4. The van der Waals surface area contributed by atoms with E-state index >= 15 is 0 Å². The number of hydrogen-bond acceptors (Lipinski definition) is 3. The van der Waals surface area contributed by atoms with Crippen molar-refractivity contribution >= 4 is 5.69 Å². The van der Waals surface area contributed by atoms with Crippen LogP contribution in [0, 0.1) is 5.92 Å². The van der Waals surface area contributed by atoms with Crippen LogP contribution in [-0.4, -0.2) is 25.8 Å². The van der Waals surface area contributed by atoms with Crippen molar-refractivity contribution in [2.45, 2.75) is 32.9 Å². The molecule has 1 aliphatic heterocycles. The summed E-state index contributed by atoms with van der Waals surface area (Å²) >= 11 is 0. The summed E-state index contributed by atoms with van der Waals surface area (Å²) in [6.45, 7) is 8.00. The van der Waals surface area contributed by atoms with Crippen LogP contribution in [0.15, 0.2) is 24.3 Å². The molecule has 18 heavy (non-hydrogen) atoms. The number of rotatable bonds is 5. The van der Waals surface area contributed by atoms with Gasteiger partial charge in [0.05, 0.1) is 6.61 Å². The van der Waals surface area contributed by atoms with Crippen molar-refractivity contribution in [1.82, 2.24) is 0 Å². The van der Waals surface area contributed by atoms with Crippen LogP contribution in [0.4, 0.5) is 5.69 Å². The van der Waals surface area contributed by atoms with Crippen molar-refractivity contribution in [1.29, 1.82) is 0 Å². The summed E-state index contributed by atoms with van der Waals surface area (Å²) in [5, 5.41) is 0. The van der Waals surface area contributed by atoms with Crippen molar-refractivity contribution < 1.29 is 4.74 Å². The number of nitrogens with two attached hydrogens (primary N) is 1. The highest BCUT2D eigenvalue weighted by atomic mass is 16.5. The summed E-state index contributed by atoms with van der Waals surface area (Å²) < 4.78 is 5.47. The second-order valence-corrected chi connectivity index (χ2v) is 5.35. The number of hydrogen-bond donors (Lipinski definition) is 1. The normalized spacial score (nSPS) is 19.4. The Labute approximate surface area is 110 Å². The molecule has 0 saturated carbocycles. The molecule has 1 saturated heterocycles. The maximum Gasteiger partial charge on any atom is 0.0512 e. The Balaban J connectivity index is 2.07. The summed E-state index contributed by atoms with van der Waals surface area (Å²) in [6.07, 6.45) is 1.18. The Bertz CT molecular complexity index is 355. The lowest BCUT2D eigenvalue weighted by atomic mass is 10.1. The molecule has 3 nitrogen and oxygen atoms in total. The molecule has 1 fully saturated rings. The number of anilines is 1. The standard InChI is InChI=1S/C15H24N2O/c1-12(2)17(10-14-7-8-18-11-14)15-5-3-13(9-16)4-6-15/h3-6,12,14H,7-11,16H2,1-2H3. The van der Waals surface area contributed by atoms with Crippen LogP contribution < -0.4 is 10.6 Å². The first-order valence-corrected chi connectivity index (χ1v) is 6.84. The van der Waals surface area contributed by atoms with Gasteiger partial charge in [-0.25, -0.2) is 0 Å². The molecule has 0 aromatic heterocycles. The van der Waals surface area contributed by atoms with Crippen molar-refractivity contribution in [3.63, 3.8) is 0 Å². The van der Waals surface area contributed by atoms with Gasteiger partial charge in [0.25, 0.3) is 0 Å². The molecular weight excluding hydrogens is 224 g/mol. The molecular formula is C15H24N2O. The van der Waals surface area contributed by atoms with Crippen LogP contribution in [-0.2, 0) is 11.3 Å². The average Bonchev–Trinajstić information content (AvgIpc) is 2.89. The fourth-order valence-corrected chi connectivity index (χ4v) is 2.44. The molecule has 1 aliphatic rings. The maximum absolute atomic E-state index is 5.64. The van der Waals surface area contributed by atoms with Crippen molar-refractivity contribution in [2.75, 3.05) is 24.7 Å². The SMILES string of the molecule is CC(C)N(CC1CCOC1)c1ccc(CN)cc1. The van der Waals surface area contributed by atoms with Crippen LogP contribution in [0.25, 0.3) is 0 Å². The Hall–Kier alpha value is -1.06. The molecule has 1 unspecified atom stereocenters. The van der Waals surface area contributed by atoms with Crippen molar-refractivity contribution in [3.8, 4) is 0 Å². The van der Waals surface area contributed by atoms with Crippen LogP contribution in [0.1, 0.15) is 25.8 Å². The number of ether oxygens (including phenoxy) is 1. The third kappa shape index (κ3) is 3.24. The Morgan fingerprint density at radius 2 is 2.06 bits per heavy atom. The summed E-state index contributed by atoms with van der Waals surface area (Å²) in [7, 11) is 0. The lowest BCUT2D eigenvalue weighted by Gasteiger charge is -2.31. The maximum atomic E-state index is 5.64. The molecule has 2 rings (SSSR count). The van der Waals surface area contributed by atoms with E-state index in [4.69, 9.17) is 10.5 Å². The topological polar surface area (TPSA) is 38.5 Å². The van der Waals surface area contributed by atoms with E-state index in [0.717, 1.165) is 19.8 Å². The molecule has 100 valence electrons. The Morgan fingerprint density at radius 1 is 1.33 bits per heavy atom. The van der Waals surface area contributed by atoms with Crippen LogP contribution in [0.5, 0.6) is 0 Å². The van der Waals surface area contributed by atoms with Gasteiger partial charge in [0.2, 0.25) is 0 Å². The molecule has 1 aromatic carbocycles. The average molecular weight is 248 g/mol. The van der Waals surface area contributed by atoms with E-state index in [1.807, 2.05) is 0 Å². The summed E-state index contributed by atoms with van der Waals surface area (Å²) in [5.41, 5.74) is 8.11. The molecule has 0 aliphatic carbocycles. The van der Waals surface area contributed by atoms with Gasteiger partial charge in [0.15, 0.2) is 0 Å². The summed E-state index contributed by atoms with van der Waals surface area (Å²) in [5.74, 6) is 0.668. The van der Waals surface area contributed by atoms with Gasteiger partial charge in [-0.15, -0.1) is 0 Å². The van der Waals surface area contributed by atoms with E-state index in [-0.39, 0.29) is 0 Å². The fraction of sp³-hybridized carbons (Fsp3) is 0.600. The molecule has 1 heterocycles. The van der Waals surface area contributed by atoms with Gasteiger partial charge in [0, 0.05) is 37.3 Å². The third-order valence-electron chi connectivity index (χ3n) is 3.61. The first-order valence-electron chi connectivity index (χ1n) is 6.84. The highest BCUT2D eigenvalue weighted by molar-refractivity contribution is 5.48. The van der Waals surface area contributed by atoms with E-state index in [1.54, 1.807) is 0 Å². The van der Waals surface area contributed by atoms with Gasteiger partial charge < -0.3 is 15.4 Å². The number of nitrogens with zero attached hydrogens (tertiary/aromatic N) is 1. The van der Waals surface area contributed by atoms with Gasteiger partial charge in [0.1, 0.15) is 0 Å². The van der Waals surface area contributed by atoms with E-state index < -0.39 is 0 Å². The first kappa shape index (κ1) is 13.4. The molecule has 0 spiro atoms. The van der Waals surface area contributed by atoms with Crippen LogP contribution >= 0.6 is 0 Å². The summed E-state index contributed by atoms with van der Waals surface area (Å²) in [4.78, 5) is 2.46. The van der Waals surface area contributed by atoms with Gasteiger partial charge in [-0.3, -0.25) is 0 Å². The van der Waals surface area contributed by atoms with E-state index in [0.29, 0.717) is 18.5 Å². The van der Waals surface area contributed by atoms with Crippen molar-refractivity contribution in [3.05, 3.63) is 29.8 Å². The largest absolute Gasteiger partial charge is 0.381 e. The quantitative estimate of drug-likeness (QED) is 0.869. The van der Waals surface area contributed by atoms with Gasteiger partial charge in [-0.1, -0.05) is 12.1 Å². The molecule has 0 bridgehead atoms. The Morgan fingerprint density at radius 3 is 2.56 bits per heavy atom. The Kier molecular flexibility index (Phi) is 4.61. The second-order valence-electron chi connectivity index (χ2n) is 5.35. The minimum absolute atomic E-state index is 0.509. The number of benzene rings is 1. The predicted molar refractivity (Wildman–Crippen MR) is 75.7 cm³/mol. The van der Waals surface area contributed by atoms with E-state index in [9.17, 15) is 0 Å². The van der Waals surface area contributed by atoms with E-state index in [1.165, 1.54) is 17.7 Å². The third-order valence-corrected chi connectivity index (χ3v) is 3.61. The zero-order valence-electron chi connectivity index (χ0n) is 11.4.